The maximum absolute atomic E-state index is 14.1. The van der Waals surface area contributed by atoms with E-state index in [9.17, 15) is 14.4 Å². The highest BCUT2D eigenvalue weighted by molar-refractivity contribution is 6.00. The van der Waals surface area contributed by atoms with E-state index in [1.807, 2.05) is 59.6 Å². The number of para-hydroxylation sites is 1. The lowest BCUT2D eigenvalue weighted by atomic mass is 9.79. The van der Waals surface area contributed by atoms with Gasteiger partial charge in [0.05, 0.1) is 5.52 Å². The summed E-state index contributed by atoms with van der Waals surface area (Å²) in [6.45, 7) is 4.16. The molecule has 6 rings (SSSR count). The molecule has 1 spiro atoms. The Morgan fingerprint density at radius 2 is 1.62 bits per heavy atom. The molecule has 3 heterocycles. The second kappa shape index (κ2) is 11.2. The van der Waals surface area contributed by atoms with Gasteiger partial charge in [-0.1, -0.05) is 80.6 Å². The smallest absolute Gasteiger partial charge is 0.246 e. The summed E-state index contributed by atoms with van der Waals surface area (Å²) in [6, 6.07) is 17.6. The van der Waals surface area contributed by atoms with E-state index in [0.717, 1.165) is 41.3 Å². The molecular weight excluding hydrogens is 500 g/mol. The van der Waals surface area contributed by atoms with E-state index < -0.39 is 11.6 Å². The molecule has 1 unspecified atom stereocenters. The zero-order valence-corrected chi connectivity index (χ0v) is 23.5. The number of carbonyl (C=O) groups excluding carboxylic acids is 3. The van der Waals surface area contributed by atoms with Gasteiger partial charge in [-0.15, -0.1) is 0 Å². The van der Waals surface area contributed by atoms with Crippen LogP contribution in [0, 0.1) is 5.92 Å². The lowest BCUT2D eigenvalue weighted by Crippen LogP contribution is -2.72. The molecule has 7 heteroatoms. The van der Waals surface area contributed by atoms with E-state index in [1.54, 1.807) is 11.5 Å². The van der Waals surface area contributed by atoms with Crippen LogP contribution < -0.4 is 5.32 Å². The molecule has 210 valence electrons. The second-order valence-electron chi connectivity index (χ2n) is 12.0. The topological polar surface area (TPSA) is 74.6 Å². The van der Waals surface area contributed by atoms with Crippen LogP contribution in [0.25, 0.3) is 10.9 Å². The Labute approximate surface area is 236 Å². The Balaban J connectivity index is 1.22. The predicted octanol–water partition coefficient (Wildman–Crippen LogP) is 5.13. The number of piperazine rings is 1. The van der Waals surface area contributed by atoms with Crippen LogP contribution in [-0.4, -0.2) is 56.8 Å². The van der Waals surface area contributed by atoms with Gasteiger partial charge in [0, 0.05) is 44.7 Å². The fraction of sp³-hybridized carbons (Fsp3) is 0.485. The number of nitrogens with zero attached hydrogens (tertiary/aromatic N) is 3. The van der Waals surface area contributed by atoms with Gasteiger partial charge in [-0.2, -0.15) is 0 Å². The maximum Gasteiger partial charge on any atom is 0.246 e. The number of nitrogens with one attached hydrogen (secondary N) is 1. The summed E-state index contributed by atoms with van der Waals surface area (Å²) in [5.41, 5.74) is 2.26. The lowest BCUT2D eigenvalue weighted by Gasteiger charge is -2.52. The molecule has 2 amide bonds. The minimum Gasteiger partial charge on any atom is -0.342 e. The monoisotopic (exact) mass is 540 g/mol. The van der Waals surface area contributed by atoms with Crippen LogP contribution in [0.3, 0.4) is 0 Å². The number of amides is 2. The summed E-state index contributed by atoms with van der Waals surface area (Å²) in [4.78, 5) is 44.5. The molecule has 7 nitrogen and oxygen atoms in total. The minimum absolute atomic E-state index is 0.00299. The highest BCUT2D eigenvalue weighted by Gasteiger charge is 2.53. The van der Waals surface area contributed by atoms with Gasteiger partial charge in [-0.3, -0.25) is 23.9 Å². The van der Waals surface area contributed by atoms with Crippen LogP contribution in [0.2, 0.25) is 0 Å². The first-order valence-electron chi connectivity index (χ1n) is 14.9. The van der Waals surface area contributed by atoms with Crippen LogP contribution in [0.5, 0.6) is 0 Å². The molecule has 0 bridgehead atoms. The summed E-state index contributed by atoms with van der Waals surface area (Å²) in [5.74, 6) is 0.593. The molecule has 2 saturated heterocycles. The van der Waals surface area contributed by atoms with Gasteiger partial charge in [0.2, 0.25) is 17.7 Å². The van der Waals surface area contributed by atoms with Crippen molar-refractivity contribution in [2.75, 3.05) is 13.1 Å². The van der Waals surface area contributed by atoms with Crippen molar-refractivity contribution in [3.63, 3.8) is 0 Å². The van der Waals surface area contributed by atoms with Crippen LogP contribution >= 0.6 is 0 Å². The Hall–Kier alpha value is -3.45. The van der Waals surface area contributed by atoms with Crippen LogP contribution in [-0.2, 0) is 22.7 Å². The number of hydrogen-bond acceptors (Lipinski definition) is 4. The Bertz CT molecular complexity index is 1380. The zero-order chi connectivity index (χ0) is 27.7. The van der Waals surface area contributed by atoms with Gasteiger partial charge in [-0.25, -0.2) is 0 Å². The fourth-order valence-corrected chi connectivity index (χ4v) is 7.24. The van der Waals surface area contributed by atoms with Gasteiger partial charge in [-0.05, 0) is 42.4 Å². The number of fused-ring (bicyclic) bond motifs is 1. The third-order valence-electron chi connectivity index (χ3n) is 9.50. The molecule has 1 atom stereocenters. The highest BCUT2D eigenvalue weighted by atomic mass is 16.2. The minimum atomic E-state index is -0.833. The number of aromatic nitrogens is 1. The lowest BCUT2D eigenvalue weighted by molar-refractivity contribution is -0.163. The van der Waals surface area contributed by atoms with E-state index in [1.165, 1.54) is 19.3 Å². The van der Waals surface area contributed by atoms with E-state index >= 15 is 0 Å². The van der Waals surface area contributed by atoms with Crippen molar-refractivity contribution < 1.29 is 14.4 Å². The van der Waals surface area contributed by atoms with E-state index in [2.05, 4.69) is 16.3 Å². The third kappa shape index (κ3) is 5.07. The second-order valence-corrected chi connectivity index (χ2v) is 12.0. The van der Waals surface area contributed by atoms with Gasteiger partial charge in [0.1, 0.15) is 11.6 Å². The molecule has 3 aromatic rings. The molecule has 2 aliphatic heterocycles. The zero-order valence-electron chi connectivity index (χ0n) is 23.5. The summed E-state index contributed by atoms with van der Waals surface area (Å²) in [7, 11) is 0. The molecule has 1 aliphatic carbocycles. The molecule has 3 fully saturated rings. The van der Waals surface area contributed by atoms with Gasteiger partial charge < -0.3 is 10.2 Å². The normalized spacial score (nSPS) is 22.1. The van der Waals surface area contributed by atoms with E-state index in [-0.39, 0.29) is 17.7 Å². The van der Waals surface area contributed by atoms with Crippen molar-refractivity contribution in [1.82, 2.24) is 19.7 Å². The quantitative estimate of drug-likeness (QED) is 0.470. The first-order chi connectivity index (χ1) is 19.4. The maximum atomic E-state index is 14.1. The third-order valence-corrected chi connectivity index (χ3v) is 9.50. The van der Waals surface area contributed by atoms with Crippen molar-refractivity contribution in [3.05, 3.63) is 71.9 Å². The largest absolute Gasteiger partial charge is 0.342 e. The van der Waals surface area contributed by atoms with Crippen LogP contribution in [0.4, 0.5) is 0 Å². The van der Waals surface area contributed by atoms with Gasteiger partial charge in [0.15, 0.2) is 0 Å². The average Bonchev–Trinajstić information content (AvgIpc) is 3.35. The number of hydrogen-bond donors (Lipinski definition) is 1. The number of likely N-dealkylation sites (tertiary alicyclic amines) is 1. The van der Waals surface area contributed by atoms with E-state index in [0.29, 0.717) is 44.9 Å². The first kappa shape index (κ1) is 26.8. The molecule has 1 saturated carbocycles. The molecule has 2 aromatic carbocycles. The molecule has 40 heavy (non-hydrogen) atoms. The summed E-state index contributed by atoms with van der Waals surface area (Å²) < 4.78 is 1.72. The molecular formula is C33H40N4O3. The van der Waals surface area contributed by atoms with E-state index in [4.69, 9.17) is 0 Å². The Morgan fingerprint density at radius 1 is 0.925 bits per heavy atom. The number of piperidine rings is 1. The summed E-state index contributed by atoms with van der Waals surface area (Å²) in [5, 5.41) is 4.29. The standard InChI is InChI=1S/C33H40N4O3/c1-24(38)36-23-27(28-14-8-9-15-30(28)36)22-35-18-16-33(17-19-35)32(40)34-29(20-25-10-4-2-5-11-25)31(39)37(33)21-26-12-6-3-7-13-26/h3,6-9,12-15,23,25,29H,2,4-5,10-11,16-22H2,1H3,(H,34,40). The molecule has 3 aliphatic rings. The van der Waals surface area contributed by atoms with Crippen molar-refractivity contribution in [2.24, 2.45) is 5.92 Å². The van der Waals surface area contributed by atoms with Crippen molar-refractivity contribution in [2.45, 2.75) is 83.0 Å². The number of carbonyl (C=O) groups is 3. The van der Waals surface area contributed by atoms with Crippen molar-refractivity contribution >= 4 is 28.6 Å². The van der Waals surface area contributed by atoms with Gasteiger partial charge in [0.25, 0.3) is 0 Å². The SMILES string of the molecule is CC(=O)n1cc(CN2CCC3(CC2)C(=O)NC(CC2CCCCC2)C(=O)N3Cc2ccccc2)c2ccccc21. The summed E-state index contributed by atoms with van der Waals surface area (Å²) in [6.07, 6.45) is 9.91. The fourth-order valence-electron chi connectivity index (χ4n) is 7.24. The highest BCUT2D eigenvalue weighted by Crippen LogP contribution is 2.37. The van der Waals surface area contributed by atoms with Crippen molar-refractivity contribution in [3.8, 4) is 0 Å². The summed E-state index contributed by atoms with van der Waals surface area (Å²) >= 11 is 0. The Kier molecular flexibility index (Phi) is 7.49. The predicted molar refractivity (Wildman–Crippen MR) is 156 cm³/mol. The Morgan fingerprint density at radius 3 is 2.35 bits per heavy atom. The van der Waals surface area contributed by atoms with Crippen LogP contribution in [0.15, 0.2) is 60.8 Å². The van der Waals surface area contributed by atoms with Gasteiger partial charge >= 0.3 is 0 Å². The first-order valence-corrected chi connectivity index (χ1v) is 14.9. The average molecular weight is 541 g/mol. The van der Waals surface area contributed by atoms with Crippen LogP contribution in [0.1, 0.15) is 74.2 Å². The molecule has 1 aromatic heterocycles. The van der Waals surface area contributed by atoms with Crippen molar-refractivity contribution in [1.29, 1.82) is 0 Å². The molecule has 1 N–H and O–H groups in total. The number of rotatable bonds is 6. The number of benzene rings is 2. The molecule has 0 radical (unpaired) electrons.